The summed E-state index contributed by atoms with van der Waals surface area (Å²) in [5.74, 6) is 0.571. The summed E-state index contributed by atoms with van der Waals surface area (Å²) in [6.07, 6.45) is -0.485. The number of carbonyl (C=O) groups is 1. The summed E-state index contributed by atoms with van der Waals surface area (Å²) in [6.45, 7) is 12.6. The normalized spacial score (nSPS) is 13.0. The fraction of sp³-hybridized carbons (Fsp3) is 0.579. The van der Waals surface area contributed by atoms with Crippen molar-refractivity contribution in [2.75, 3.05) is 13.1 Å². The first-order chi connectivity index (χ1) is 13.2. The third kappa shape index (κ3) is 10.1. The number of hydrogen-bond acceptors (Lipinski definition) is 5. The van der Waals surface area contributed by atoms with Crippen LogP contribution in [0.2, 0.25) is 0 Å². The molecule has 0 radical (unpaired) electrons. The predicted molar refractivity (Wildman–Crippen MR) is 114 cm³/mol. The van der Waals surface area contributed by atoms with Crippen molar-refractivity contribution in [3.05, 3.63) is 29.8 Å². The number of rotatable bonds is 7. The molecule has 5 N–H and O–H groups in total. The van der Waals surface area contributed by atoms with Gasteiger partial charge in [0.05, 0.1) is 17.0 Å². The number of alkyl carbamates (subject to hydrolysis) is 1. The van der Waals surface area contributed by atoms with Gasteiger partial charge in [0.15, 0.2) is 5.96 Å². The number of carbonyl (C=O) groups excluding carboxylic acids is 1. The molecule has 1 amide bonds. The van der Waals surface area contributed by atoms with Crippen LogP contribution in [-0.2, 0) is 21.3 Å². The van der Waals surface area contributed by atoms with E-state index in [0.29, 0.717) is 25.6 Å². The standard InChI is InChI=1S/C19H33N5O4S/c1-7-21-16(22-12-14-8-10-15(11-9-14)29(20,26)27)23-13-19(5,6)24-17(25)28-18(2,3)4/h8-11H,7,12-13H2,1-6H3,(H,24,25)(H2,20,26,27)(H2,21,22,23). The molecule has 0 atom stereocenters. The zero-order valence-electron chi connectivity index (χ0n) is 18.0. The Morgan fingerprint density at radius 2 is 1.69 bits per heavy atom. The van der Waals surface area contributed by atoms with Crippen LogP contribution in [0.1, 0.15) is 47.1 Å². The van der Waals surface area contributed by atoms with E-state index in [0.717, 1.165) is 5.56 Å². The average Bonchev–Trinajstić information content (AvgIpc) is 2.54. The highest BCUT2D eigenvalue weighted by Gasteiger charge is 2.24. The minimum Gasteiger partial charge on any atom is -0.444 e. The Morgan fingerprint density at radius 1 is 1.10 bits per heavy atom. The molecule has 1 aromatic rings. The van der Waals surface area contributed by atoms with Crippen LogP contribution in [0.15, 0.2) is 34.2 Å². The summed E-state index contributed by atoms with van der Waals surface area (Å²) in [7, 11) is -3.71. The van der Waals surface area contributed by atoms with Crippen molar-refractivity contribution < 1.29 is 17.9 Å². The molecular formula is C19H33N5O4S. The monoisotopic (exact) mass is 427 g/mol. The van der Waals surface area contributed by atoms with E-state index in [1.165, 1.54) is 12.1 Å². The van der Waals surface area contributed by atoms with Gasteiger partial charge in [-0.2, -0.15) is 0 Å². The molecule has 0 aromatic heterocycles. The average molecular weight is 428 g/mol. The van der Waals surface area contributed by atoms with Crippen molar-refractivity contribution in [2.24, 2.45) is 10.1 Å². The lowest BCUT2D eigenvalue weighted by molar-refractivity contribution is 0.0474. The lowest BCUT2D eigenvalue weighted by Gasteiger charge is -2.29. The number of ether oxygens (including phenoxy) is 1. The summed E-state index contributed by atoms with van der Waals surface area (Å²) in [5.41, 5.74) is -0.306. The third-order valence-corrected chi connectivity index (χ3v) is 4.48. The van der Waals surface area contributed by atoms with Crippen LogP contribution in [0.25, 0.3) is 0 Å². The van der Waals surface area contributed by atoms with Gasteiger partial charge in [-0.25, -0.2) is 23.3 Å². The number of nitrogens with one attached hydrogen (secondary N) is 3. The van der Waals surface area contributed by atoms with E-state index in [9.17, 15) is 13.2 Å². The fourth-order valence-electron chi connectivity index (χ4n) is 2.23. The van der Waals surface area contributed by atoms with Gasteiger partial charge in [-0.1, -0.05) is 12.1 Å². The zero-order chi connectivity index (χ0) is 22.3. The smallest absolute Gasteiger partial charge is 0.408 e. The molecule has 0 heterocycles. The van der Waals surface area contributed by atoms with Gasteiger partial charge in [0.25, 0.3) is 0 Å². The number of benzene rings is 1. The van der Waals surface area contributed by atoms with Gasteiger partial charge in [0.1, 0.15) is 5.60 Å². The Hall–Kier alpha value is -2.33. The van der Waals surface area contributed by atoms with Gasteiger partial charge in [0, 0.05) is 13.1 Å². The van der Waals surface area contributed by atoms with Crippen LogP contribution in [0.3, 0.4) is 0 Å². The summed E-state index contributed by atoms with van der Waals surface area (Å²) in [5, 5.41) is 14.3. The fourth-order valence-corrected chi connectivity index (χ4v) is 2.74. The first kappa shape index (κ1) is 24.7. The van der Waals surface area contributed by atoms with E-state index in [2.05, 4.69) is 20.9 Å². The maximum Gasteiger partial charge on any atom is 0.408 e. The van der Waals surface area contributed by atoms with Crippen LogP contribution in [0.4, 0.5) is 4.79 Å². The largest absolute Gasteiger partial charge is 0.444 e. The number of amides is 1. The second-order valence-electron chi connectivity index (χ2n) is 8.25. The quantitative estimate of drug-likeness (QED) is 0.386. The summed E-state index contributed by atoms with van der Waals surface area (Å²) in [4.78, 5) is 16.5. The Bertz CT molecular complexity index is 812. The first-order valence-electron chi connectivity index (χ1n) is 9.37. The molecule has 9 nitrogen and oxygen atoms in total. The van der Waals surface area contributed by atoms with E-state index in [1.807, 2.05) is 41.5 Å². The summed E-state index contributed by atoms with van der Waals surface area (Å²) < 4.78 is 27.9. The topological polar surface area (TPSA) is 135 Å². The third-order valence-electron chi connectivity index (χ3n) is 3.55. The molecule has 1 aromatic carbocycles. The molecule has 0 aliphatic heterocycles. The molecule has 0 saturated heterocycles. The highest BCUT2D eigenvalue weighted by molar-refractivity contribution is 7.89. The molecule has 0 aliphatic rings. The molecule has 164 valence electrons. The van der Waals surface area contributed by atoms with Crippen LogP contribution < -0.4 is 21.1 Å². The highest BCUT2D eigenvalue weighted by atomic mass is 32.2. The second kappa shape index (κ2) is 9.93. The number of nitrogens with two attached hydrogens (primary N) is 1. The molecule has 1 rings (SSSR count). The van der Waals surface area contributed by atoms with E-state index in [1.54, 1.807) is 12.1 Å². The Morgan fingerprint density at radius 3 is 2.17 bits per heavy atom. The SMILES string of the molecule is CCNC(=NCc1ccc(S(N)(=O)=O)cc1)NCC(C)(C)NC(=O)OC(C)(C)C. The van der Waals surface area contributed by atoms with E-state index < -0.39 is 27.3 Å². The van der Waals surface area contributed by atoms with Crippen molar-refractivity contribution in [3.8, 4) is 0 Å². The van der Waals surface area contributed by atoms with Gasteiger partial charge >= 0.3 is 6.09 Å². The maximum absolute atomic E-state index is 12.0. The molecule has 0 unspecified atom stereocenters. The zero-order valence-corrected chi connectivity index (χ0v) is 18.8. The number of primary sulfonamides is 1. The Kier molecular flexibility index (Phi) is 8.46. The van der Waals surface area contributed by atoms with Gasteiger partial charge in [0.2, 0.25) is 10.0 Å². The van der Waals surface area contributed by atoms with Crippen LogP contribution in [0.5, 0.6) is 0 Å². The van der Waals surface area contributed by atoms with Crippen molar-refractivity contribution in [3.63, 3.8) is 0 Å². The highest BCUT2D eigenvalue weighted by Crippen LogP contribution is 2.10. The molecule has 0 bridgehead atoms. The molecule has 29 heavy (non-hydrogen) atoms. The van der Waals surface area contributed by atoms with Gasteiger partial charge in [-0.15, -0.1) is 0 Å². The second-order valence-corrected chi connectivity index (χ2v) is 9.81. The van der Waals surface area contributed by atoms with Crippen molar-refractivity contribution in [2.45, 2.75) is 64.1 Å². The number of guanidine groups is 1. The van der Waals surface area contributed by atoms with Crippen molar-refractivity contribution in [1.29, 1.82) is 0 Å². The van der Waals surface area contributed by atoms with E-state index in [-0.39, 0.29) is 4.90 Å². The molecule has 0 aliphatic carbocycles. The number of aliphatic imine (C=N–C) groups is 1. The Balaban J connectivity index is 2.71. The lowest BCUT2D eigenvalue weighted by atomic mass is 10.1. The first-order valence-corrected chi connectivity index (χ1v) is 10.9. The van der Waals surface area contributed by atoms with Gasteiger partial charge in [-0.3, -0.25) is 0 Å². The van der Waals surface area contributed by atoms with Gasteiger partial charge in [-0.05, 0) is 59.2 Å². The van der Waals surface area contributed by atoms with Crippen molar-refractivity contribution >= 4 is 22.1 Å². The molecule has 0 saturated carbocycles. The molecular weight excluding hydrogens is 394 g/mol. The van der Waals surface area contributed by atoms with Crippen LogP contribution in [-0.4, -0.2) is 44.7 Å². The molecule has 0 spiro atoms. The summed E-state index contributed by atoms with van der Waals surface area (Å²) in [6, 6.07) is 6.24. The molecule has 10 heteroatoms. The van der Waals surface area contributed by atoms with Crippen LogP contribution in [0, 0.1) is 0 Å². The lowest BCUT2D eigenvalue weighted by Crippen LogP contribution is -2.54. The molecule has 0 fully saturated rings. The predicted octanol–water partition coefficient (Wildman–Crippen LogP) is 1.69. The number of hydrogen-bond donors (Lipinski definition) is 4. The minimum atomic E-state index is -3.71. The van der Waals surface area contributed by atoms with E-state index >= 15 is 0 Å². The summed E-state index contributed by atoms with van der Waals surface area (Å²) >= 11 is 0. The van der Waals surface area contributed by atoms with Crippen molar-refractivity contribution in [1.82, 2.24) is 16.0 Å². The van der Waals surface area contributed by atoms with E-state index in [4.69, 9.17) is 9.88 Å². The Labute approximate surface area is 173 Å². The number of sulfonamides is 1. The minimum absolute atomic E-state index is 0.0604. The number of nitrogens with zero attached hydrogens (tertiary/aromatic N) is 1. The maximum atomic E-state index is 12.0. The van der Waals surface area contributed by atoms with Crippen LogP contribution >= 0.6 is 0 Å². The van der Waals surface area contributed by atoms with Gasteiger partial charge < -0.3 is 20.7 Å².